The third-order valence-corrected chi connectivity index (χ3v) is 6.53. The highest BCUT2D eigenvalue weighted by Crippen LogP contribution is 2.36. The number of nitrogens with one attached hydrogen (secondary N) is 1. The Balaban J connectivity index is 1.97. The van der Waals surface area contributed by atoms with Crippen LogP contribution >= 0.6 is 23.4 Å². The number of anilines is 1. The van der Waals surface area contributed by atoms with E-state index in [4.69, 9.17) is 17.3 Å². The highest BCUT2D eigenvalue weighted by atomic mass is 35.5. The Bertz CT molecular complexity index is 982. The Kier molecular flexibility index (Phi) is 5.18. The number of halogens is 2. The minimum absolute atomic E-state index is 0.0441. The molecule has 0 bridgehead atoms. The van der Waals surface area contributed by atoms with Crippen molar-refractivity contribution in [3.8, 4) is 0 Å². The first-order valence-corrected chi connectivity index (χ1v) is 10.6. The van der Waals surface area contributed by atoms with E-state index < -0.39 is 21.4 Å². The smallest absolute Gasteiger partial charge is 0.262 e. The summed E-state index contributed by atoms with van der Waals surface area (Å²) < 4.78 is 41.6. The molecular weight excluding hydrogens is 397 g/mol. The van der Waals surface area contributed by atoms with Crippen LogP contribution in [0.5, 0.6) is 0 Å². The van der Waals surface area contributed by atoms with E-state index in [0.29, 0.717) is 17.2 Å². The van der Waals surface area contributed by atoms with E-state index in [-0.39, 0.29) is 15.6 Å². The molecule has 0 radical (unpaired) electrons. The molecule has 0 aliphatic carbocycles. The Morgan fingerprint density at radius 3 is 2.77 bits per heavy atom. The fourth-order valence-electron chi connectivity index (χ4n) is 2.67. The normalized spacial score (nSPS) is 20.5. The SMILES string of the molecule is CC1(c2ccc(F)c(NS(=O)(=O)c3cccc(Cl)c3)c2)CCSC(N)=N1. The molecule has 1 aliphatic rings. The van der Waals surface area contributed by atoms with Gasteiger partial charge in [-0.05, 0) is 49.2 Å². The molecule has 0 saturated heterocycles. The lowest BCUT2D eigenvalue weighted by atomic mass is 9.89. The molecule has 3 N–H and O–H groups in total. The third kappa shape index (κ3) is 3.97. The van der Waals surface area contributed by atoms with Gasteiger partial charge in [0, 0.05) is 10.8 Å². The molecule has 1 heterocycles. The molecule has 0 amide bonds. The van der Waals surface area contributed by atoms with Gasteiger partial charge in [0.25, 0.3) is 10.0 Å². The first-order chi connectivity index (χ1) is 12.2. The molecule has 0 aromatic heterocycles. The Morgan fingerprint density at radius 2 is 2.08 bits per heavy atom. The number of nitrogens with zero attached hydrogens (tertiary/aromatic N) is 1. The van der Waals surface area contributed by atoms with Gasteiger partial charge >= 0.3 is 0 Å². The van der Waals surface area contributed by atoms with Gasteiger partial charge in [-0.15, -0.1) is 0 Å². The van der Waals surface area contributed by atoms with E-state index in [0.717, 1.165) is 5.75 Å². The zero-order valence-electron chi connectivity index (χ0n) is 13.9. The van der Waals surface area contributed by atoms with Gasteiger partial charge in [-0.3, -0.25) is 9.71 Å². The third-order valence-electron chi connectivity index (χ3n) is 4.13. The average Bonchev–Trinajstić information content (AvgIpc) is 2.56. The van der Waals surface area contributed by atoms with E-state index in [1.165, 1.54) is 42.1 Å². The summed E-state index contributed by atoms with van der Waals surface area (Å²) in [6.07, 6.45) is 0.713. The minimum atomic E-state index is -3.98. The molecule has 1 unspecified atom stereocenters. The Morgan fingerprint density at radius 1 is 1.31 bits per heavy atom. The van der Waals surface area contributed by atoms with Crippen molar-refractivity contribution >= 4 is 44.2 Å². The lowest BCUT2D eigenvalue weighted by Gasteiger charge is -2.30. The fourth-order valence-corrected chi connectivity index (χ4v) is 5.00. The number of rotatable bonds is 4. The maximum atomic E-state index is 14.2. The van der Waals surface area contributed by atoms with Gasteiger partial charge in [0.1, 0.15) is 5.82 Å². The number of hydrogen-bond donors (Lipinski definition) is 2. The number of sulfonamides is 1. The van der Waals surface area contributed by atoms with Crippen molar-refractivity contribution in [3.05, 3.63) is 58.9 Å². The summed E-state index contributed by atoms with van der Waals surface area (Å²) in [7, 11) is -3.98. The van der Waals surface area contributed by atoms with Gasteiger partial charge < -0.3 is 5.73 Å². The second-order valence-corrected chi connectivity index (χ2v) is 9.31. The van der Waals surface area contributed by atoms with Crippen LogP contribution in [0.1, 0.15) is 18.9 Å². The van der Waals surface area contributed by atoms with E-state index in [1.807, 2.05) is 6.92 Å². The van der Waals surface area contributed by atoms with E-state index >= 15 is 0 Å². The van der Waals surface area contributed by atoms with Crippen LogP contribution in [0, 0.1) is 5.82 Å². The molecule has 0 fully saturated rings. The number of thioether (sulfide) groups is 1. The zero-order valence-corrected chi connectivity index (χ0v) is 16.3. The maximum absolute atomic E-state index is 14.2. The molecule has 3 rings (SSSR count). The first kappa shape index (κ1) is 19.0. The molecule has 1 atom stereocenters. The molecule has 9 heteroatoms. The summed E-state index contributed by atoms with van der Waals surface area (Å²) in [6.45, 7) is 1.89. The molecule has 0 spiro atoms. The summed E-state index contributed by atoms with van der Waals surface area (Å²) in [6, 6.07) is 10.1. The molecule has 0 saturated carbocycles. The highest BCUT2D eigenvalue weighted by molar-refractivity contribution is 8.13. The predicted octanol–water partition coefficient (Wildman–Crippen LogP) is 3.95. The van der Waals surface area contributed by atoms with Gasteiger partial charge in [-0.1, -0.05) is 35.5 Å². The van der Waals surface area contributed by atoms with Crippen LogP contribution in [0.3, 0.4) is 0 Å². The van der Waals surface area contributed by atoms with Gasteiger partial charge in [0.15, 0.2) is 5.17 Å². The molecule has 5 nitrogen and oxygen atoms in total. The average molecular weight is 414 g/mol. The fraction of sp³-hybridized carbons (Fsp3) is 0.235. The van der Waals surface area contributed by atoms with E-state index in [1.54, 1.807) is 12.1 Å². The minimum Gasteiger partial charge on any atom is -0.379 e. The van der Waals surface area contributed by atoms with Crippen molar-refractivity contribution in [1.29, 1.82) is 0 Å². The Hall–Kier alpha value is -1.77. The summed E-state index contributed by atoms with van der Waals surface area (Å²) in [5, 5.41) is 0.739. The molecule has 138 valence electrons. The molecular formula is C17H17ClFN3O2S2. The Labute approximate surface area is 160 Å². The summed E-state index contributed by atoms with van der Waals surface area (Å²) in [4.78, 5) is 4.42. The van der Waals surface area contributed by atoms with Crippen molar-refractivity contribution in [1.82, 2.24) is 0 Å². The number of benzene rings is 2. The number of amidine groups is 1. The lowest BCUT2D eigenvalue weighted by molar-refractivity contribution is 0.481. The first-order valence-electron chi connectivity index (χ1n) is 7.76. The number of hydrogen-bond acceptors (Lipinski definition) is 5. The van der Waals surface area contributed by atoms with Crippen LogP contribution in [0.25, 0.3) is 0 Å². The summed E-state index contributed by atoms with van der Waals surface area (Å²) >= 11 is 7.31. The largest absolute Gasteiger partial charge is 0.379 e. The number of aliphatic imine (C=N–C) groups is 1. The maximum Gasteiger partial charge on any atom is 0.262 e. The molecule has 1 aliphatic heterocycles. The topological polar surface area (TPSA) is 84.5 Å². The molecule has 2 aromatic rings. The highest BCUT2D eigenvalue weighted by Gasteiger charge is 2.30. The van der Waals surface area contributed by atoms with Gasteiger partial charge in [0.05, 0.1) is 16.1 Å². The van der Waals surface area contributed by atoms with Gasteiger partial charge in [-0.2, -0.15) is 0 Å². The van der Waals surface area contributed by atoms with Crippen molar-refractivity contribution in [3.63, 3.8) is 0 Å². The second kappa shape index (κ2) is 7.09. The molecule has 26 heavy (non-hydrogen) atoms. The second-order valence-electron chi connectivity index (χ2n) is 6.08. The van der Waals surface area contributed by atoms with E-state index in [9.17, 15) is 12.8 Å². The van der Waals surface area contributed by atoms with Crippen molar-refractivity contribution in [2.75, 3.05) is 10.5 Å². The van der Waals surface area contributed by atoms with E-state index in [2.05, 4.69) is 9.71 Å². The lowest BCUT2D eigenvalue weighted by Crippen LogP contribution is -2.29. The monoisotopic (exact) mass is 413 g/mol. The number of nitrogens with two attached hydrogens (primary N) is 1. The van der Waals surface area contributed by atoms with Crippen LogP contribution in [-0.4, -0.2) is 19.3 Å². The van der Waals surface area contributed by atoms with Gasteiger partial charge in [0.2, 0.25) is 0 Å². The van der Waals surface area contributed by atoms with Crippen LogP contribution in [0.4, 0.5) is 10.1 Å². The standard InChI is InChI=1S/C17H17ClFN3O2S2/c1-17(7-8-25-16(20)21-17)11-5-6-14(19)15(9-11)22-26(23,24)13-4-2-3-12(18)10-13/h2-6,9-10,22H,7-8H2,1H3,(H2,20,21). The molecule has 2 aromatic carbocycles. The van der Waals surface area contributed by atoms with Crippen LogP contribution < -0.4 is 10.5 Å². The summed E-state index contributed by atoms with van der Waals surface area (Å²) in [5.41, 5.74) is 5.74. The van der Waals surface area contributed by atoms with Crippen LogP contribution in [0.15, 0.2) is 52.4 Å². The van der Waals surface area contributed by atoms with Gasteiger partial charge in [-0.25, -0.2) is 12.8 Å². The van der Waals surface area contributed by atoms with Crippen molar-refractivity contribution < 1.29 is 12.8 Å². The predicted molar refractivity (Wildman–Crippen MR) is 105 cm³/mol. The van der Waals surface area contributed by atoms with Crippen LogP contribution in [-0.2, 0) is 15.6 Å². The van der Waals surface area contributed by atoms with Crippen LogP contribution in [0.2, 0.25) is 5.02 Å². The van der Waals surface area contributed by atoms with Crippen molar-refractivity contribution in [2.24, 2.45) is 10.7 Å². The quantitative estimate of drug-likeness (QED) is 0.794. The summed E-state index contributed by atoms with van der Waals surface area (Å²) in [5.74, 6) is 0.109. The zero-order chi connectivity index (χ0) is 18.9. The van der Waals surface area contributed by atoms with Crippen molar-refractivity contribution in [2.45, 2.75) is 23.8 Å².